The predicted molar refractivity (Wildman–Crippen MR) is 117 cm³/mol. The molecule has 4 heteroatoms. The van der Waals surface area contributed by atoms with E-state index in [0.717, 1.165) is 45.3 Å². The van der Waals surface area contributed by atoms with Crippen molar-refractivity contribution >= 4 is 0 Å². The van der Waals surface area contributed by atoms with E-state index in [4.69, 9.17) is 14.6 Å². The molecule has 0 bridgehead atoms. The highest BCUT2D eigenvalue weighted by atomic mass is 16.5. The Bertz CT molecular complexity index is 1160. The minimum Gasteiger partial charge on any atom is -0.497 e. The second-order valence-electron chi connectivity index (χ2n) is 7.04. The summed E-state index contributed by atoms with van der Waals surface area (Å²) < 4.78 is 12.9. The van der Waals surface area contributed by atoms with Gasteiger partial charge in [-0.25, -0.2) is 4.68 Å². The first-order valence-electron chi connectivity index (χ1n) is 9.56. The van der Waals surface area contributed by atoms with Crippen molar-refractivity contribution in [1.29, 1.82) is 0 Å². The number of rotatable bonds is 5. The maximum Gasteiger partial charge on any atom is 0.119 e. The Morgan fingerprint density at radius 1 is 0.724 bits per heavy atom. The van der Waals surface area contributed by atoms with Crippen molar-refractivity contribution in [3.63, 3.8) is 0 Å². The lowest BCUT2D eigenvalue weighted by Crippen LogP contribution is -2.00. The first-order valence-corrected chi connectivity index (χ1v) is 9.56. The van der Waals surface area contributed by atoms with E-state index >= 15 is 0 Å². The molecule has 0 saturated carbocycles. The van der Waals surface area contributed by atoms with Gasteiger partial charge < -0.3 is 9.47 Å². The summed E-state index contributed by atoms with van der Waals surface area (Å²) in [4.78, 5) is 0. The minimum absolute atomic E-state index is 0.815. The van der Waals surface area contributed by atoms with Crippen LogP contribution in [0, 0.1) is 13.8 Å². The van der Waals surface area contributed by atoms with Crippen molar-refractivity contribution in [2.24, 2.45) is 0 Å². The number of methoxy groups -OCH3 is 2. The number of ether oxygens (including phenoxy) is 2. The summed E-state index contributed by atoms with van der Waals surface area (Å²) >= 11 is 0. The van der Waals surface area contributed by atoms with Crippen molar-refractivity contribution in [3.8, 4) is 39.7 Å². The number of aryl methyl sites for hydroxylation is 1. The highest BCUT2D eigenvalue weighted by molar-refractivity contribution is 5.76. The molecule has 4 aromatic rings. The zero-order valence-corrected chi connectivity index (χ0v) is 17.1. The molecule has 0 spiro atoms. The van der Waals surface area contributed by atoms with Gasteiger partial charge in [0, 0.05) is 16.7 Å². The van der Waals surface area contributed by atoms with Crippen LogP contribution in [0.5, 0.6) is 11.5 Å². The van der Waals surface area contributed by atoms with Crippen molar-refractivity contribution in [3.05, 3.63) is 83.9 Å². The molecule has 0 saturated heterocycles. The Hall–Kier alpha value is -3.53. The second-order valence-corrected chi connectivity index (χ2v) is 7.04. The van der Waals surface area contributed by atoms with Gasteiger partial charge in [0.2, 0.25) is 0 Å². The lowest BCUT2D eigenvalue weighted by Gasteiger charge is -2.10. The van der Waals surface area contributed by atoms with Crippen LogP contribution >= 0.6 is 0 Å². The molecule has 0 aliphatic heterocycles. The van der Waals surface area contributed by atoms with Crippen LogP contribution in [0.2, 0.25) is 0 Å². The summed E-state index contributed by atoms with van der Waals surface area (Å²) in [5, 5.41) is 5.02. The minimum atomic E-state index is 0.815. The van der Waals surface area contributed by atoms with Gasteiger partial charge >= 0.3 is 0 Å². The van der Waals surface area contributed by atoms with E-state index in [1.54, 1.807) is 14.2 Å². The van der Waals surface area contributed by atoms with Crippen LogP contribution < -0.4 is 9.47 Å². The molecule has 0 aliphatic carbocycles. The van der Waals surface area contributed by atoms with Crippen LogP contribution in [0.4, 0.5) is 0 Å². The van der Waals surface area contributed by atoms with Crippen molar-refractivity contribution in [2.45, 2.75) is 13.8 Å². The second kappa shape index (κ2) is 7.84. The van der Waals surface area contributed by atoms with Gasteiger partial charge in [-0.1, -0.05) is 36.4 Å². The lowest BCUT2D eigenvalue weighted by atomic mass is 10.0. The van der Waals surface area contributed by atoms with E-state index in [-0.39, 0.29) is 0 Å². The van der Waals surface area contributed by atoms with Gasteiger partial charge in [0.05, 0.1) is 31.3 Å². The molecule has 0 amide bonds. The lowest BCUT2D eigenvalue weighted by molar-refractivity contribution is 0.415. The van der Waals surface area contributed by atoms with Crippen LogP contribution in [0.25, 0.3) is 28.2 Å². The third kappa shape index (κ3) is 3.61. The zero-order chi connectivity index (χ0) is 20.4. The Morgan fingerprint density at radius 2 is 1.34 bits per heavy atom. The summed E-state index contributed by atoms with van der Waals surface area (Å²) in [7, 11) is 3.37. The fourth-order valence-corrected chi connectivity index (χ4v) is 3.60. The Labute approximate surface area is 171 Å². The van der Waals surface area contributed by atoms with Crippen LogP contribution in [0.3, 0.4) is 0 Å². The van der Waals surface area contributed by atoms with Crippen LogP contribution in [-0.4, -0.2) is 24.0 Å². The van der Waals surface area contributed by atoms with Gasteiger partial charge in [-0.2, -0.15) is 5.10 Å². The topological polar surface area (TPSA) is 36.3 Å². The average molecular weight is 384 g/mol. The standard InChI is InChI=1S/C25H24N2O2/c1-17-8-5-11-21(14-17)27-25(20-10-7-13-23(16-20)29-4)18(2)24(26-27)19-9-6-12-22(15-19)28-3/h5-16H,1-4H3. The molecular formula is C25H24N2O2. The van der Waals surface area contributed by atoms with Crippen LogP contribution in [-0.2, 0) is 0 Å². The van der Waals surface area contributed by atoms with Crippen LogP contribution in [0.1, 0.15) is 11.1 Å². The number of benzene rings is 3. The molecule has 0 unspecified atom stereocenters. The highest BCUT2D eigenvalue weighted by Gasteiger charge is 2.19. The Kier molecular flexibility index (Phi) is 5.09. The first kappa shape index (κ1) is 18.8. The van der Waals surface area contributed by atoms with Gasteiger partial charge in [-0.3, -0.25) is 0 Å². The molecule has 0 N–H and O–H groups in total. The van der Waals surface area contributed by atoms with Crippen LogP contribution in [0.15, 0.2) is 72.8 Å². The van der Waals surface area contributed by atoms with Crippen molar-refractivity contribution < 1.29 is 9.47 Å². The molecule has 146 valence electrons. The van der Waals surface area contributed by atoms with Gasteiger partial charge in [-0.15, -0.1) is 0 Å². The Balaban J connectivity index is 1.98. The third-order valence-electron chi connectivity index (χ3n) is 5.05. The quantitative estimate of drug-likeness (QED) is 0.434. The van der Waals surface area contributed by atoms with E-state index in [9.17, 15) is 0 Å². The summed E-state index contributed by atoms with van der Waals surface area (Å²) in [6, 6.07) is 24.5. The smallest absolute Gasteiger partial charge is 0.119 e. The maximum atomic E-state index is 5.46. The predicted octanol–water partition coefficient (Wildman–Crippen LogP) is 5.84. The van der Waals surface area contributed by atoms with Gasteiger partial charge in [0.1, 0.15) is 11.5 Å². The molecule has 4 rings (SSSR count). The van der Waals surface area contributed by atoms with E-state index in [1.165, 1.54) is 5.56 Å². The normalized spacial score (nSPS) is 10.8. The summed E-state index contributed by atoms with van der Waals surface area (Å²) in [5.74, 6) is 1.64. The number of aromatic nitrogens is 2. The summed E-state index contributed by atoms with van der Waals surface area (Å²) in [6.07, 6.45) is 0. The molecule has 0 radical (unpaired) electrons. The molecule has 0 aliphatic rings. The number of hydrogen-bond acceptors (Lipinski definition) is 3. The highest BCUT2D eigenvalue weighted by Crippen LogP contribution is 2.35. The van der Waals surface area contributed by atoms with Gasteiger partial charge in [0.25, 0.3) is 0 Å². The van der Waals surface area contributed by atoms with Gasteiger partial charge in [-0.05, 0) is 55.8 Å². The summed E-state index contributed by atoms with van der Waals surface area (Å²) in [5.41, 5.74) is 7.39. The zero-order valence-electron chi connectivity index (χ0n) is 17.1. The van der Waals surface area contributed by atoms with E-state index in [1.807, 2.05) is 41.1 Å². The number of hydrogen-bond donors (Lipinski definition) is 0. The van der Waals surface area contributed by atoms with Gasteiger partial charge in [0.15, 0.2) is 0 Å². The van der Waals surface area contributed by atoms with Crippen molar-refractivity contribution in [2.75, 3.05) is 14.2 Å². The molecule has 4 nitrogen and oxygen atoms in total. The average Bonchev–Trinajstić information content (AvgIpc) is 3.11. The molecule has 0 atom stereocenters. The van der Waals surface area contributed by atoms with E-state index < -0.39 is 0 Å². The largest absolute Gasteiger partial charge is 0.497 e. The third-order valence-corrected chi connectivity index (χ3v) is 5.05. The fourth-order valence-electron chi connectivity index (χ4n) is 3.60. The molecule has 1 aromatic heterocycles. The number of nitrogens with zero attached hydrogens (tertiary/aromatic N) is 2. The molecule has 29 heavy (non-hydrogen) atoms. The molecule has 3 aromatic carbocycles. The summed E-state index contributed by atoms with van der Waals surface area (Å²) in [6.45, 7) is 4.21. The van der Waals surface area contributed by atoms with E-state index in [2.05, 4.69) is 50.2 Å². The maximum absolute atomic E-state index is 5.46. The van der Waals surface area contributed by atoms with E-state index in [0.29, 0.717) is 0 Å². The molecule has 0 fully saturated rings. The Morgan fingerprint density at radius 3 is 2.00 bits per heavy atom. The first-order chi connectivity index (χ1) is 14.1. The molecular weight excluding hydrogens is 360 g/mol. The SMILES string of the molecule is COc1cccc(-c2nn(-c3cccc(C)c3)c(-c3cccc(OC)c3)c2C)c1. The molecule has 1 heterocycles. The van der Waals surface area contributed by atoms with Crippen molar-refractivity contribution in [1.82, 2.24) is 9.78 Å². The fraction of sp³-hybridized carbons (Fsp3) is 0.160. The monoisotopic (exact) mass is 384 g/mol.